The minimum Gasteiger partial charge on any atom is -0.466 e. The van der Waals surface area contributed by atoms with Gasteiger partial charge in [0.15, 0.2) is 0 Å². The fraction of sp³-hybridized carbons (Fsp3) is 0.926. The second-order valence-corrected chi connectivity index (χ2v) is 18.2. The lowest BCUT2D eigenvalue weighted by Gasteiger charge is -2.16. The van der Waals surface area contributed by atoms with Gasteiger partial charge in [0.05, 0.1) is 6.61 Å². The van der Waals surface area contributed by atoms with E-state index in [0.717, 1.165) is 57.8 Å². The molecular weight excluding hydrogens is 713 g/mol. The van der Waals surface area contributed by atoms with Crippen LogP contribution in [0.15, 0.2) is 12.2 Å². The highest BCUT2D eigenvalue weighted by Crippen LogP contribution is 2.18. The standard InChI is InChI=1S/C54H104O4/c1-4-7-10-13-15-17-19-21-23-25-27-29-33-37-41-46-51-57-53(55)49-44-39-35-32-31-34-38-43-48-52(47-42-12-9-6-3)58-54(56)50-45-40-36-30-28-26-24-22-20-18-16-14-11-8-5-2/h38,43,52H,4-37,39-42,44-51H2,1-3H3/b43-38-/t52-/m1/s1. The number of hydrogen-bond acceptors (Lipinski definition) is 4. The first-order valence-corrected chi connectivity index (χ1v) is 26.6. The van der Waals surface area contributed by atoms with Crippen LogP contribution in [0.3, 0.4) is 0 Å². The second kappa shape index (κ2) is 50.0. The molecule has 0 saturated heterocycles. The lowest BCUT2D eigenvalue weighted by Crippen LogP contribution is -2.17. The molecule has 0 aromatic heterocycles. The minimum absolute atomic E-state index is 0.00712. The topological polar surface area (TPSA) is 52.6 Å². The van der Waals surface area contributed by atoms with E-state index in [1.54, 1.807) is 0 Å². The molecule has 0 saturated carbocycles. The summed E-state index contributed by atoms with van der Waals surface area (Å²) in [5.74, 6) is -0.00339. The lowest BCUT2D eigenvalue weighted by molar-refractivity contribution is -0.149. The van der Waals surface area contributed by atoms with E-state index in [-0.39, 0.29) is 18.0 Å². The molecule has 0 spiro atoms. The van der Waals surface area contributed by atoms with Crippen molar-refractivity contribution in [2.75, 3.05) is 6.61 Å². The molecule has 4 nitrogen and oxygen atoms in total. The van der Waals surface area contributed by atoms with Crippen molar-refractivity contribution in [2.24, 2.45) is 0 Å². The zero-order valence-corrected chi connectivity index (χ0v) is 39.9. The molecule has 0 unspecified atom stereocenters. The first kappa shape index (κ1) is 56.7. The van der Waals surface area contributed by atoms with Gasteiger partial charge in [-0.3, -0.25) is 9.59 Å². The summed E-state index contributed by atoms with van der Waals surface area (Å²) >= 11 is 0. The Balaban J connectivity index is 3.73. The summed E-state index contributed by atoms with van der Waals surface area (Å²) in [6.07, 6.45) is 60.9. The van der Waals surface area contributed by atoms with Crippen LogP contribution in [0.4, 0.5) is 0 Å². The molecule has 0 heterocycles. The Morgan fingerprint density at radius 3 is 1.10 bits per heavy atom. The summed E-state index contributed by atoms with van der Waals surface area (Å²) in [6.45, 7) is 7.42. The number of hydrogen-bond donors (Lipinski definition) is 0. The van der Waals surface area contributed by atoms with Crippen molar-refractivity contribution in [3.05, 3.63) is 12.2 Å². The van der Waals surface area contributed by atoms with Crippen molar-refractivity contribution in [2.45, 2.75) is 316 Å². The van der Waals surface area contributed by atoms with Crippen LogP contribution in [0.5, 0.6) is 0 Å². The predicted molar refractivity (Wildman–Crippen MR) is 255 cm³/mol. The molecule has 0 fully saturated rings. The number of carbonyl (C=O) groups is 2. The Morgan fingerprint density at radius 1 is 0.362 bits per heavy atom. The normalized spacial score (nSPS) is 12.1. The average molecular weight is 817 g/mol. The molecule has 0 rings (SSSR count). The monoisotopic (exact) mass is 817 g/mol. The molecule has 344 valence electrons. The summed E-state index contributed by atoms with van der Waals surface area (Å²) < 4.78 is 11.5. The van der Waals surface area contributed by atoms with E-state index in [0.29, 0.717) is 19.4 Å². The number of esters is 2. The molecular formula is C54H104O4. The van der Waals surface area contributed by atoms with Crippen molar-refractivity contribution in [1.29, 1.82) is 0 Å². The van der Waals surface area contributed by atoms with Gasteiger partial charge < -0.3 is 9.47 Å². The van der Waals surface area contributed by atoms with Crippen molar-refractivity contribution < 1.29 is 19.1 Å². The zero-order valence-electron chi connectivity index (χ0n) is 39.9. The van der Waals surface area contributed by atoms with Crippen LogP contribution in [-0.4, -0.2) is 24.6 Å². The van der Waals surface area contributed by atoms with E-state index in [2.05, 4.69) is 32.9 Å². The van der Waals surface area contributed by atoms with Gasteiger partial charge >= 0.3 is 11.9 Å². The largest absolute Gasteiger partial charge is 0.466 e. The molecule has 0 bridgehead atoms. The third kappa shape index (κ3) is 47.4. The van der Waals surface area contributed by atoms with E-state index >= 15 is 0 Å². The van der Waals surface area contributed by atoms with Crippen LogP contribution >= 0.6 is 0 Å². The molecule has 58 heavy (non-hydrogen) atoms. The Kier molecular flexibility index (Phi) is 48.9. The fourth-order valence-electron chi connectivity index (χ4n) is 8.25. The lowest BCUT2D eigenvalue weighted by atomic mass is 10.0. The van der Waals surface area contributed by atoms with Gasteiger partial charge in [0.1, 0.15) is 6.10 Å². The molecule has 0 aromatic rings. The molecule has 0 amide bonds. The number of carbonyl (C=O) groups excluding carboxylic acids is 2. The van der Waals surface area contributed by atoms with E-state index in [9.17, 15) is 9.59 Å². The van der Waals surface area contributed by atoms with Gasteiger partial charge in [0.25, 0.3) is 0 Å². The van der Waals surface area contributed by atoms with E-state index in [1.165, 1.54) is 218 Å². The van der Waals surface area contributed by atoms with Gasteiger partial charge in [-0.15, -0.1) is 0 Å². The SMILES string of the molecule is CCCCCCCCCCCCCCCCCCOC(=O)CCCCCCC/C=C\C[C@@H](CCCCCC)OC(=O)CCCCCCCCCCCCCCCCC. The number of rotatable bonds is 49. The molecule has 0 aliphatic rings. The third-order valence-electron chi connectivity index (χ3n) is 12.2. The smallest absolute Gasteiger partial charge is 0.306 e. The van der Waals surface area contributed by atoms with Crippen LogP contribution in [0.1, 0.15) is 310 Å². The molecule has 0 radical (unpaired) electrons. The van der Waals surface area contributed by atoms with Crippen LogP contribution in [-0.2, 0) is 19.1 Å². The molecule has 0 aliphatic carbocycles. The third-order valence-corrected chi connectivity index (χ3v) is 12.2. The highest BCUT2D eigenvalue weighted by molar-refractivity contribution is 5.69. The Morgan fingerprint density at radius 2 is 0.690 bits per heavy atom. The Labute approximate surface area is 364 Å². The molecule has 4 heteroatoms. The van der Waals surface area contributed by atoms with Crippen molar-refractivity contribution in [3.8, 4) is 0 Å². The Hall–Kier alpha value is -1.32. The van der Waals surface area contributed by atoms with Crippen LogP contribution in [0, 0.1) is 0 Å². The maximum absolute atomic E-state index is 12.7. The van der Waals surface area contributed by atoms with Gasteiger partial charge in [-0.25, -0.2) is 0 Å². The van der Waals surface area contributed by atoms with E-state index in [4.69, 9.17) is 9.47 Å². The van der Waals surface area contributed by atoms with Crippen molar-refractivity contribution in [1.82, 2.24) is 0 Å². The maximum atomic E-state index is 12.7. The fourth-order valence-corrected chi connectivity index (χ4v) is 8.25. The van der Waals surface area contributed by atoms with Gasteiger partial charge in [-0.05, 0) is 44.9 Å². The molecule has 1 atom stereocenters. The number of allylic oxidation sites excluding steroid dienone is 1. The molecule has 0 aliphatic heterocycles. The summed E-state index contributed by atoms with van der Waals surface area (Å²) in [5.41, 5.74) is 0. The zero-order chi connectivity index (χ0) is 42.1. The molecule has 0 N–H and O–H groups in total. The van der Waals surface area contributed by atoms with Gasteiger partial charge in [0, 0.05) is 19.3 Å². The summed E-state index contributed by atoms with van der Waals surface area (Å²) in [6, 6.07) is 0. The van der Waals surface area contributed by atoms with Gasteiger partial charge in [0.2, 0.25) is 0 Å². The summed E-state index contributed by atoms with van der Waals surface area (Å²) in [7, 11) is 0. The highest BCUT2D eigenvalue weighted by atomic mass is 16.5. The van der Waals surface area contributed by atoms with Crippen LogP contribution in [0.25, 0.3) is 0 Å². The highest BCUT2D eigenvalue weighted by Gasteiger charge is 2.13. The van der Waals surface area contributed by atoms with E-state index in [1.807, 2.05) is 0 Å². The summed E-state index contributed by atoms with van der Waals surface area (Å²) in [4.78, 5) is 24.8. The van der Waals surface area contributed by atoms with Gasteiger partial charge in [-0.2, -0.15) is 0 Å². The number of unbranched alkanes of at least 4 members (excludes halogenated alkanes) is 37. The minimum atomic E-state index is -0.0105. The first-order chi connectivity index (χ1) is 28.6. The van der Waals surface area contributed by atoms with Gasteiger partial charge in [-0.1, -0.05) is 258 Å². The Bertz CT molecular complexity index is 837. The predicted octanol–water partition coefficient (Wildman–Crippen LogP) is 18.6. The van der Waals surface area contributed by atoms with E-state index < -0.39 is 0 Å². The second-order valence-electron chi connectivity index (χ2n) is 18.2. The van der Waals surface area contributed by atoms with Crippen molar-refractivity contribution >= 4 is 11.9 Å². The quantitative estimate of drug-likeness (QED) is 0.0349. The molecule has 0 aromatic carbocycles. The number of ether oxygens (including phenoxy) is 2. The summed E-state index contributed by atoms with van der Waals surface area (Å²) in [5, 5.41) is 0. The van der Waals surface area contributed by atoms with Crippen LogP contribution in [0.2, 0.25) is 0 Å². The first-order valence-electron chi connectivity index (χ1n) is 26.6. The van der Waals surface area contributed by atoms with Crippen molar-refractivity contribution in [3.63, 3.8) is 0 Å². The average Bonchev–Trinajstić information content (AvgIpc) is 3.22. The van der Waals surface area contributed by atoms with Crippen LogP contribution < -0.4 is 0 Å². The maximum Gasteiger partial charge on any atom is 0.306 e.